The van der Waals surface area contributed by atoms with E-state index in [1.165, 1.54) is 12.8 Å². The molecule has 2 saturated heterocycles. The van der Waals surface area contributed by atoms with Gasteiger partial charge in [-0.25, -0.2) is 0 Å². The molecule has 1 amide bonds. The predicted molar refractivity (Wildman–Crippen MR) is 89.3 cm³/mol. The third-order valence-electron chi connectivity index (χ3n) is 5.77. The lowest BCUT2D eigenvalue weighted by atomic mass is 9.89. The van der Waals surface area contributed by atoms with Gasteiger partial charge in [-0.1, -0.05) is 26.7 Å². The lowest BCUT2D eigenvalue weighted by molar-refractivity contribution is -0.138. The average molecular weight is 324 g/mol. The number of hydrogen-bond acceptors (Lipinski definition) is 4. The number of hydrogen-bond donors (Lipinski definition) is 0. The zero-order valence-electron chi connectivity index (χ0n) is 14.7. The molecule has 5 heteroatoms. The Morgan fingerprint density at radius 3 is 2.70 bits per heavy atom. The van der Waals surface area contributed by atoms with Crippen molar-refractivity contribution in [2.45, 2.75) is 51.7 Å². The van der Waals surface area contributed by atoms with Crippen molar-refractivity contribution < 1.29 is 14.3 Å². The van der Waals surface area contributed by atoms with Crippen LogP contribution in [0, 0.1) is 11.8 Å². The van der Waals surface area contributed by atoms with Crippen LogP contribution in [0.2, 0.25) is 0 Å². The van der Waals surface area contributed by atoms with Gasteiger partial charge in [-0.15, -0.1) is 0 Å². The van der Waals surface area contributed by atoms with Crippen LogP contribution in [-0.4, -0.2) is 73.9 Å². The van der Waals surface area contributed by atoms with Crippen LogP contribution in [0.1, 0.15) is 39.5 Å². The van der Waals surface area contributed by atoms with Gasteiger partial charge in [-0.05, 0) is 24.7 Å². The van der Waals surface area contributed by atoms with Crippen molar-refractivity contribution in [1.29, 1.82) is 0 Å². The first-order valence-electron chi connectivity index (χ1n) is 9.34. The molecule has 0 spiro atoms. The third kappa shape index (κ3) is 4.46. The van der Waals surface area contributed by atoms with Gasteiger partial charge in [0.1, 0.15) is 6.61 Å². The van der Waals surface area contributed by atoms with E-state index in [-0.39, 0.29) is 18.6 Å². The number of morpholine rings is 1. The monoisotopic (exact) mass is 324 g/mol. The predicted octanol–water partition coefficient (Wildman–Crippen LogP) is 1.76. The molecule has 0 radical (unpaired) electrons. The van der Waals surface area contributed by atoms with E-state index in [1.54, 1.807) is 0 Å². The molecule has 0 aromatic heterocycles. The maximum Gasteiger partial charge on any atom is 0.248 e. The number of nitrogens with zero attached hydrogens (tertiary/aromatic N) is 2. The van der Waals surface area contributed by atoms with Crippen molar-refractivity contribution in [2.24, 2.45) is 11.8 Å². The topological polar surface area (TPSA) is 42.0 Å². The van der Waals surface area contributed by atoms with Gasteiger partial charge in [-0.2, -0.15) is 0 Å². The minimum absolute atomic E-state index is 0.172. The highest BCUT2D eigenvalue weighted by molar-refractivity contribution is 5.77. The number of carbonyl (C=O) groups excluding carboxylic acids is 1. The Labute approximate surface area is 140 Å². The molecule has 0 bridgehead atoms. The van der Waals surface area contributed by atoms with Gasteiger partial charge in [0.25, 0.3) is 0 Å². The summed E-state index contributed by atoms with van der Waals surface area (Å²) >= 11 is 0. The molecule has 3 rings (SSSR count). The summed E-state index contributed by atoms with van der Waals surface area (Å²) in [5, 5.41) is 0. The first kappa shape index (κ1) is 17.2. The van der Waals surface area contributed by atoms with E-state index in [0.29, 0.717) is 12.0 Å². The minimum atomic E-state index is 0.172. The molecule has 132 valence electrons. The normalized spacial score (nSPS) is 36.3. The summed E-state index contributed by atoms with van der Waals surface area (Å²) in [6.45, 7) is 10.2. The van der Waals surface area contributed by atoms with E-state index >= 15 is 0 Å². The van der Waals surface area contributed by atoms with Crippen molar-refractivity contribution in [1.82, 2.24) is 9.80 Å². The summed E-state index contributed by atoms with van der Waals surface area (Å²) in [6.07, 6.45) is 5.06. The van der Waals surface area contributed by atoms with Gasteiger partial charge < -0.3 is 14.4 Å². The fourth-order valence-electron chi connectivity index (χ4n) is 4.35. The molecule has 1 saturated carbocycles. The molecule has 0 aromatic rings. The first-order chi connectivity index (χ1) is 11.1. The SMILES string of the molecule is C[C@@H]1CCC[C@H](OCC(=O)N2C[C@@H](C)[C@H](N3CCOCC3)C2)C1. The van der Waals surface area contributed by atoms with E-state index < -0.39 is 0 Å². The summed E-state index contributed by atoms with van der Waals surface area (Å²) in [6, 6.07) is 0.484. The van der Waals surface area contributed by atoms with Crippen LogP contribution in [0.25, 0.3) is 0 Å². The molecule has 3 fully saturated rings. The van der Waals surface area contributed by atoms with Gasteiger partial charge in [0.05, 0.1) is 19.3 Å². The molecule has 2 aliphatic heterocycles. The van der Waals surface area contributed by atoms with Crippen LogP contribution >= 0.6 is 0 Å². The van der Waals surface area contributed by atoms with E-state index in [9.17, 15) is 4.79 Å². The van der Waals surface area contributed by atoms with Crippen molar-refractivity contribution in [3.8, 4) is 0 Å². The molecule has 2 heterocycles. The van der Waals surface area contributed by atoms with E-state index in [1.807, 2.05) is 4.90 Å². The van der Waals surface area contributed by atoms with E-state index in [2.05, 4.69) is 18.7 Å². The second-order valence-corrected chi connectivity index (χ2v) is 7.70. The zero-order valence-corrected chi connectivity index (χ0v) is 14.7. The molecular formula is C18H32N2O3. The maximum absolute atomic E-state index is 12.5. The largest absolute Gasteiger partial charge is 0.379 e. The Morgan fingerprint density at radius 2 is 1.96 bits per heavy atom. The molecule has 1 aliphatic carbocycles. The smallest absolute Gasteiger partial charge is 0.248 e. The van der Waals surface area contributed by atoms with Gasteiger partial charge in [0.15, 0.2) is 0 Å². The fraction of sp³-hybridized carbons (Fsp3) is 0.944. The molecule has 0 unspecified atom stereocenters. The quantitative estimate of drug-likeness (QED) is 0.790. The summed E-state index contributed by atoms with van der Waals surface area (Å²) in [5.74, 6) is 1.44. The van der Waals surface area contributed by atoms with Crippen LogP contribution in [0.4, 0.5) is 0 Å². The number of carbonyl (C=O) groups is 1. The summed E-state index contributed by atoms with van der Waals surface area (Å²) < 4.78 is 11.4. The number of rotatable bonds is 4. The number of amides is 1. The highest BCUT2D eigenvalue weighted by Crippen LogP contribution is 2.26. The Bertz CT molecular complexity index is 398. The molecule has 3 aliphatic rings. The minimum Gasteiger partial charge on any atom is -0.379 e. The second-order valence-electron chi connectivity index (χ2n) is 7.70. The van der Waals surface area contributed by atoms with Crippen molar-refractivity contribution in [3.63, 3.8) is 0 Å². The summed E-state index contributed by atoms with van der Waals surface area (Å²) in [7, 11) is 0. The fourth-order valence-corrected chi connectivity index (χ4v) is 4.35. The lowest BCUT2D eigenvalue weighted by Crippen LogP contribution is -2.47. The molecule has 5 nitrogen and oxygen atoms in total. The standard InChI is InChI=1S/C18H32N2O3/c1-14-4-3-5-16(10-14)23-13-18(21)20-11-15(2)17(12-20)19-6-8-22-9-7-19/h14-17H,3-13H2,1-2H3/t14-,15-,16+,17-/m1/s1. The maximum atomic E-state index is 12.5. The average Bonchev–Trinajstić information content (AvgIpc) is 2.95. The van der Waals surface area contributed by atoms with Crippen LogP contribution in [-0.2, 0) is 14.3 Å². The first-order valence-corrected chi connectivity index (χ1v) is 9.34. The molecule has 0 aromatic carbocycles. The molecular weight excluding hydrogens is 292 g/mol. The van der Waals surface area contributed by atoms with Crippen LogP contribution in [0.5, 0.6) is 0 Å². The van der Waals surface area contributed by atoms with Gasteiger partial charge in [0, 0.05) is 32.2 Å². The lowest BCUT2D eigenvalue weighted by Gasteiger charge is -2.34. The van der Waals surface area contributed by atoms with E-state index in [4.69, 9.17) is 9.47 Å². The highest BCUT2D eigenvalue weighted by atomic mass is 16.5. The summed E-state index contributed by atoms with van der Waals surface area (Å²) in [5.41, 5.74) is 0. The summed E-state index contributed by atoms with van der Waals surface area (Å²) in [4.78, 5) is 17.0. The number of likely N-dealkylation sites (tertiary alicyclic amines) is 1. The van der Waals surface area contributed by atoms with Crippen LogP contribution in [0.15, 0.2) is 0 Å². The zero-order chi connectivity index (χ0) is 16.2. The van der Waals surface area contributed by atoms with Crippen molar-refractivity contribution in [2.75, 3.05) is 46.0 Å². The van der Waals surface area contributed by atoms with Gasteiger partial charge in [-0.3, -0.25) is 9.69 Å². The molecule has 0 N–H and O–H groups in total. The van der Waals surface area contributed by atoms with E-state index in [0.717, 1.165) is 58.2 Å². The van der Waals surface area contributed by atoms with Crippen LogP contribution in [0.3, 0.4) is 0 Å². The van der Waals surface area contributed by atoms with Crippen molar-refractivity contribution in [3.05, 3.63) is 0 Å². The van der Waals surface area contributed by atoms with Crippen LogP contribution < -0.4 is 0 Å². The Balaban J connectivity index is 1.44. The van der Waals surface area contributed by atoms with Gasteiger partial charge in [0.2, 0.25) is 5.91 Å². The number of ether oxygens (including phenoxy) is 2. The molecule has 23 heavy (non-hydrogen) atoms. The Morgan fingerprint density at radius 1 is 1.17 bits per heavy atom. The molecule has 4 atom stereocenters. The third-order valence-corrected chi connectivity index (χ3v) is 5.77. The Hall–Kier alpha value is -0.650. The Kier molecular flexibility index (Phi) is 5.94. The second kappa shape index (κ2) is 7.95. The van der Waals surface area contributed by atoms with Gasteiger partial charge >= 0.3 is 0 Å². The van der Waals surface area contributed by atoms with Crippen molar-refractivity contribution >= 4 is 5.91 Å². The highest BCUT2D eigenvalue weighted by Gasteiger charge is 2.36.